The van der Waals surface area contributed by atoms with Crippen molar-refractivity contribution < 1.29 is 9.59 Å². The zero-order valence-electron chi connectivity index (χ0n) is 20.5. The minimum absolute atomic E-state index is 0.117. The van der Waals surface area contributed by atoms with Crippen molar-refractivity contribution in [2.45, 2.75) is 31.3 Å². The van der Waals surface area contributed by atoms with Crippen molar-refractivity contribution in [3.8, 4) is 0 Å². The molecular weight excluding hydrogens is 440 g/mol. The van der Waals surface area contributed by atoms with E-state index in [2.05, 4.69) is 32.1 Å². The van der Waals surface area contributed by atoms with Gasteiger partial charge in [0.2, 0.25) is 0 Å². The third kappa shape index (κ3) is 4.81. The number of benzene rings is 1. The molecule has 1 aromatic carbocycles. The smallest absolute Gasteiger partial charge is 0.254 e. The van der Waals surface area contributed by atoms with Gasteiger partial charge in [0.1, 0.15) is 0 Å². The van der Waals surface area contributed by atoms with Crippen molar-refractivity contribution in [2.24, 2.45) is 0 Å². The lowest BCUT2D eigenvalue weighted by atomic mass is 9.93. The van der Waals surface area contributed by atoms with E-state index in [1.165, 1.54) is 12.8 Å². The van der Waals surface area contributed by atoms with E-state index in [9.17, 15) is 9.59 Å². The first-order valence-corrected chi connectivity index (χ1v) is 12.5. The largest absolute Gasteiger partial charge is 0.361 e. The van der Waals surface area contributed by atoms with Gasteiger partial charge in [0.05, 0.1) is 5.69 Å². The molecule has 8 nitrogen and oxygen atoms in total. The number of aromatic nitrogens is 2. The molecule has 2 aromatic heterocycles. The van der Waals surface area contributed by atoms with Gasteiger partial charge in [-0.1, -0.05) is 12.1 Å². The maximum absolute atomic E-state index is 13.9. The van der Waals surface area contributed by atoms with Gasteiger partial charge in [0.25, 0.3) is 11.8 Å². The highest BCUT2D eigenvalue weighted by molar-refractivity contribution is 6.01. The van der Waals surface area contributed by atoms with Crippen LogP contribution in [0.4, 0.5) is 0 Å². The molecule has 2 N–H and O–H groups in total. The number of nitrogens with one attached hydrogen (secondary N) is 2. The maximum atomic E-state index is 13.9. The van der Waals surface area contributed by atoms with Crippen LogP contribution in [-0.2, 0) is 10.3 Å². The normalized spacial score (nSPS) is 20.0. The summed E-state index contributed by atoms with van der Waals surface area (Å²) in [6, 6.07) is 13.5. The number of rotatable bonds is 5. The Bertz CT molecular complexity index is 1180. The summed E-state index contributed by atoms with van der Waals surface area (Å²) < 4.78 is 0. The minimum Gasteiger partial charge on any atom is -0.361 e. The second kappa shape index (κ2) is 9.79. The highest BCUT2D eigenvalue weighted by atomic mass is 16.2. The van der Waals surface area contributed by atoms with Gasteiger partial charge in [-0.3, -0.25) is 19.5 Å². The first-order valence-electron chi connectivity index (χ1n) is 12.5. The van der Waals surface area contributed by atoms with Crippen LogP contribution in [0.15, 0.2) is 54.9 Å². The van der Waals surface area contributed by atoms with Gasteiger partial charge in [-0.2, -0.15) is 0 Å². The molecule has 35 heavy (non-hydrogen) atoms. The summed E-state index contributed by atoms with van der Waals surface area (Å²) in [5, 5.41) is 4.07. The lowest BCUT2D eigenvalue weighted by Gasteiger charge is -2.44. The molecule has 2 saturated heterocycles. The van der Waals surface area contributed by atoms with Crippen LogP contribution in [0.2, 0.25) is 0 Å². The molecule has 0 spiro atoms. The summed E-state index contributed by atoms with van der Waals surface area (Å²) in [5.41, 5.74) is 0.659. The molecule has 184 valence electrons. The zero-order chi connectivity index (χ0) is 24.4. The number of carbonyl (C=O) groups excluding carboxylic acids is 2. The predicted molar refractivity (Wildman–Crippen MR) is 136 cm³/mol. The Morgan fingerprint density at radius 1 is 1.03 bits per heavy atom. The molecule has 0 saturated carbocycles. The van der Waals surface area contributed by atoms with E-state index in [1.807, 2.05) is 41.4 Å². The SMILES string of the molecule is CN1CCC(N2CCN(C(=O)[C@](C)(NC(=O)c3ccc4cc[nH]c4c3)c3ccccn3)CC2)CC1. The van der Waals surface area contributed by atoms with Gasteiger partial charge >= 0.3 is 0 Å². The zero-order valence-corrected chi connectivity index (χ0v) is 20.5. The van der Waals surface area contributed by atoms with Crippen LogP contribution < -0.4 is 5.32 Å². The second-order valence-corrected chi connectivity index (χ2v) is 9.94. The van der Waals surface area contributed by atoms with Crippen molar-refractivity contribution in [3.63, 3.8) is 0 Å². The van der Waals surface area contributed by atoms with Gasteiger partial charge < -0.3 is 20.1 Å². The Kier molecular flexibility index (Phi) is 6.58. The van der Waals surface area contributed by atoms with Gasteiger partial charge in [-0.05, 0) is 75.6 Å². The van der Waals surface area contributed by atoms with E-state index < -0.39 is 5.54 Å². The third-order valence-electron chi connectivity index (χ3n) is 7.59. The van der Waals surface area contributed by atoms with Crippen LogP contribution in [0.5, 0.6) is 0 Å². The predicted octanol–water partition coefficient (Wildman–Crippen LogP) is 2.45. The maximum Gasteiger partial charge on any atom is 0.254 e. The number of hydrogen-bond acceptors (Lipinski definition) is 5. The average Bonchev–Trinajstić information content (AvgIpc) is 3.37. The van der Waals surface area contributed by atoms with Crippen molar-refractivity contribution in [1.29, 1.82) is 0 Å². The highest BCUT2D eigenvalue weighted by Gasteiger charge is 2.42. The van der Waals surface area contributed by atoms with Crippen LogP contribution in [0.1, 0.15) is 35.8 Å². The van der Waals surface area contributed by atoms with Gasteiger partial charge in [-0.25, -0.2) is 0 Å². The number of piperidine rings is 1. The fourth-order valence-electron chi connectivity index (χ4n) is 5.34. The molecule has 2 aliphatic heterocycles. The van der Waals surface area contributed by atoms with Crippen LogP contribution in [0.25, 0.3) is 10.9 Å². The monoisotopic (exact) mass is 474 g/mol. The van der Waals surface area contributed by atoms with Gasteiger partial charge in [0.15, 0.2) is 5.54 Å². The number of nitrogens with zero attached hydrogens (tertiary/aromatic N) is 4. The lowest BCUT2D eigenvalue weighted by Crippen LogP contribution is -2.61. The van der Waals surface area contributed by atoms with Crippen molar-refractivity contribution in [2.75, 3.05) is 46.3 Å². The molecule has 2 amide bonds. The quantitative estimate of drug-likeness (QED) is 0.594. The number of hydrogen-bond donors (Lipinski definition) is 2. The number of carbonyl (C=O) groups is 2. The van der Waals surface area contributed by atoms with Gasteiger partial charge in [-0.15, -0.1) is 0 Å². The summed E-state index contributed by atoms with van der Waals surface area (Å²) in [4.78, 5) is 41.7. The van der Waals surface area contributed by atoms with Crippen molar-refractivity contribution in [1.82, 2.24) is 30.0 Å². The summed E-state index contributed by atoms with van der Waals surface area (Å²) in [6.07, 6.45) is 5.86. The topological polar surface area (TPSA) is 84.6 Å². The molecule has 3 aromatic rings. The van der Waals surface area contributed by atoms with E-state index in [1.54, 1.807) is 25.3 Å². The molecule has 0 aliphatic carbocycles. The average molecular weight is 475 g/mol. The summed E-state index contributed by atoms with van der Waals surface area (Å²) >= 11 is 0. The number of fused-ring (bicyclic) bond motifs is 1. The molecule has 0 unspecified atom stereocenters. The van der Waals surface area contributed by atoms with E-state index in [0.717, 1.165) is 37.1 Å². The standard InChI is InChI=1S/C27H34N6O2/c1-27(24-5-3-4-11-29-24,30-25(34)21-7-6-20-8-12-28-23(20)19-21)26(35)33-17-15-32(16-18-33)22-9-13-31(2)14-10-22/h3-8,11-12,19,22,28H,9-10,13-18H2,1-2H3,(H,30,34)/t27-/m1/s1. The Balaban J connectivity index is 1.33. The number of H-pyrrole nitrogens is 1. The molecule has 1 atom stereocenters. The molecule has 4 heterocycles. The Morgan fingerprint density at radius 3 is 2.51 bits per heavy atom. The molecular formula is C27H34N6O2. The Labute approximate surface area is 206 Å². The van der Waals surface area contributed by atoms with Crippen LogP contribution in [0, 0.1) is 0 Å². The first kappa shape index (κ1) is 23.5. The van der Waals surface area contributed by atoms with Crippen molar-refractivity contribution in [3.05, 3.63) is 66.1 Å². The number of aromatic amines is 1. The fraction of sp³-hybridized carbons (Fsp3) is 0.444. The third-order valence-corrected chi connectivity index (χ3v) is 7.59. The summed E-state index contributed by atoms with van der Waals surface area (Å²) in [5.74, 6) is -0.415. The van der Waals surface area contributed by atoms with E-state index >= 15 is 0 Å². The number of likely N-dealkylation sites (tertiary alicyclic amines) is 1. The van der Waals surface area contributed by atoms with Crippen LogP contribution >= 0.6 is 0 Å². The van der Waals surface area contributed by atoms with E-state index in [0.29, 0.717) is 30.4 Å². The van der Waals surface area contributed by atoms with Gasteiger partial charge in [0, 0.05) is 55.7 Å². The first-order chi connectivity index (χ1) is 16.9. The summed E-state index contributed by atoms with van der Waals surface area (Å²) in [7, 11) is 2.18. The molecule has 8 heteroatoms. The molecule has 5 rings (SSSR count). The summed E-state index contributed by atoms with van der Waals surface area (Å²) in [6.45, 7) is 7.04. The highest BCUT2D eigenvalue weighted by Crippen LogP contribution is 2.25. The number of amides is 2. The lowest BCUT2D eigenvalue weighted by molar-refractivity contribution is -0.140. The Morgan fingerprint density at radius 2 is 1.80 bits per heavy atom. The molecule has 2 aliphatic rings. The molecule has 0 bridgehead atoms. The van der Waals surface area contributed by atoms with E-state index in [-0.39, 0.29) is 11.8 Å². The number of pyridine rings is 1. The van der Waals surface area contributed by atoms with E-state index in [4.69, 9.17) is 0 Å². The molecule has 0 radical (unpaired) electrons. The van der Waals surface area contributed by atoms with Crippen LogP contribution in [0.3, 0.4) is 0 Å². The Hall–Kier alpha value is -3.23. The van der Waals surface area contributed by atoms with Crippen molar-refractivity contribution >= 4 is 22.7 Å². The minimum atomic E-state index is -1.27. The fourth-order valence-corrected chi connectivity index (χ4v) is 5.34. The molecule has 2 fully saturated rings. The second-order valence-electron chi connectivity index (χ2n) is 9.94. The van der Waals surface area contributed by atoms with Crippen LogP contribution in [-0.4, -0.2) is 88.8 Å². The number of piperazine rings is 1.